The fraction of sp³-hybridized carbons (Fsp3) is 0.750. The number of amides is 3. The van der Waals surface area contributed by atoms with Gasteiger partial charge in [0.2, 0.25) is 11.8 Å². The fourth-order valence-corrected chi connectivity index (χ4v) is 3.38. The molecule has 3 amide bonds. The number of rotatable bonds is 6. The Morgan fingerprint density at radius 3 is 2.60 bits per heavy atom. The Morgan fingerprint density at radius 1 is 1.20 bits per heavy atom. The normalized spacial score (nSPS) is 24.0. The summed E-state index contributed by atoms with van der Waals surface area (Å²) < 4.78 is 5.44. The van der Waals surface area contributed by atoms with Gasteiger partial charge in [0.15, 0.2) is 5.82 Å². The molecule has 3 aliphatic rings. The lowest BCUT2D eigenvalue weighted by molar-refractivity contribution is -0.125. The topological polar surface area (TPSA) is 94.8 Å². The van der Waals surface area contributed by atoms with Crippen molar-refractivity contribution in [3.8, 4) is 0 Å². The van der Waals surface area contributed by atoms with Gasteiger partial charge in [-0.25, -0.2) is 4.79 Å². The first kappa shape index (κ1) is 16.5. The number of nitrogens with one attached hydrogen (secondary N) is 1. The number of hydrogen-bond donors (Lipinski definition) is 1. The van der Waals surface area contributed by atoms with Gasteiger partial charge in [0.25, 0.3) is 0 Å². The standard InChI is InChI=1S/C16H24N6O3/c1-11(15-18-14(19-25-15)12-2-3-12)21-7-4-20(5-8-21)6-9-22-13(23)10-17-16(22)24/h11-12H,2-10H2,1H3,(H,17,24). The van der Waals surface area contributed by atoms with Crippen LogP contribution in [0.4, 0.5) is 4.79 Å². The van der Waals surface area contributed by atoms with E-state index in [0.29, 0.717) is 24.9 Å². The van der Waals surface area contributed by atoms with E-state index >= 15 is 0 Å². The molecule has 1 aromatic rings. The molecule has 3 fully saturated rings. The average molecular weight is 348 g/mol. The molecule has 1 unspecified atom stereocenters. The minimum atomic E-state index is -0.278. The number of nitrogens with zero attached hydrogens (tertiary/aromatic N) is 5. The highest BCUT2D eigenvalue weighted by atomic mass is 16.5. The molecular weight excluding hydrogens is 324 g/mol. The largest absolute Gasteiger partial charge is 0.338 e. The van der Waals surface area contributed by atoms with Crippen molar-refractivity contribution < 1.29 is 14.1 Å². The Morgan fingerprint density at radius 2 is 1.96 bits per heavy atom. The molecule has 0 aromatic carbocycles. The van der Waals surface area contributed by atoms with Crippen molar-refractivity contribution in [2.24, 2.45) is 0 Å². The minimum Gasteiger partial charge on any atom is -0.338 e. The fourth-order valence-electron chi connectivity index (χ4n) is 3.38. The van der Waals surface area contributed by atoms with Gasteiger partial charge in [-0.3, -0.25) is 19.5 Å². The number of piperazine rings is 1. The summed E-state index contributed by atoms with van der Waals surface area (Å²) in [5.74, 6) is 1.93. The molecule has 1 atom stereocenters. The van der Waals surface area contributed by atoms with E-state index in [1.54, 1.807) is 0 Å². The maximum Gasteiger partial charge on any atom is 0.324 e. The second-order valence-corrected chi connectivity index (χ2v) is 7.02. The molecule has 9 nitrogen and oxygen atoms in total. The molecule has 0 bridgehead atoms. The maximum atomic E-state index is 11.6. The van der Waals surface area contributed by atoms with Gasteiger partial charge in [-0.15, -0.1) is 0 Å². The first-order chi connectivity index (χ1) is 12.1. The predicted octanol–water partition coefficient (Wildman–Crippen LogP) is 0.177. The number of aromatic nitrogens is 2. The molecule has 25 heavy (non-hydrogen) atoms. The van der Waals surface area contributed by atoms with Crippen molar-refractivity contribution in [3.05, 3.63) is 11.7 Å². The van der Waals surface area contributed by atoms with Crippen molar-refractivity contribution in [1.29, 1.82) is 0 Å². The van der Waals surface area contributed by atoms with Gasteiger partial charge in [0.05, 0.1) is 12.6 Å². The zero-order valence-electron chi connectivity index (χ0n) is 14.5. The quantitative estimate of drug-likeness (QED) is 0.733. The number of carbonyl (C=O) groups is 2. The molecule has 2 saturated heterocycles. The maximum absolute atomic E-state index is 11.6. The van der Waals surface area contributed by atoms with E-state index < -0.39 is 0 Å². The summed E-state index contributed by atoms with van der Waals surface area (Å²) >= 11 is 0. The average Bonchev–Trinajstić information content (AvgIpc) is 3.27. The van der Waals surface area contributed by atoms with E-state index in [2.05, 4.69) is 32.2 Å². The summed E-state index contributed by atoms with van der Waals surface area (Å²) in [5.41, 5.74) is 0. The van der Waals surface area contributed by atoms with Crippen LogP contribution in [0.2, 0.25) is 0 Å². The lowest BCUT2D eigenvalue weighted by Gasteiger charge is -2.37. The molecule has 1 aliphatic carbocycles. The Kier molecular flexibility index (Phi) is 4.43. The summed E-state index contributed by atoms with van der Waals surface area (Å²) in [6.07, 6.45) is 2.34. The van der Waals surface area contributed by atoms with Crippen LogP contribution in [0.3, 0.4) is 0 Å². The molecule has 0 radical (unpaired) electrons. The molecule has 9 heteroatoms. The lowest BCUT2D eigenvalue weighted by Crippen LogP contribution is -2.49. The van der Waals surface area contributed by atoms with E-state index in [1.165, 1.54) is 17.7 Å². The highest BCUT2D eigenvalue weighted by Crippen LogP contribution is 2.38. The van der Waals surface area contributed by atoms with E-state index in [-0.39, 0.29) is 24.5 Å². The molecule has 1 N–H and O–H groups in total. The second-order valence-electron chi connectivity index (χ2n) is 7.02. The summed E-state index contributed by atoms with van der Waals surface area (Å²) in [6.45, 7) is 7.01. The van der Waals surface area contributed by atoms with Crippen molar-refractivity contribution in [2.45, 2.75) is 31.7 Å². The zero-order chi connectivity index (χ0) is 17.4. The lowest BCUT2D eigenvalue weighted by atomic mass is 10.2. The van der Waals surface area contributed by atoms with Crippen LogP contribution in [0.5, 0.6) is 0 Å². The summed E-state index contributed by atoms with van der Waals surface area (Å²) in [5, 5.41) is 6.65. The monoisotopic (exact) mass is 348 g/mol. The highest BCUT2D eigenvalue weighted by Gasteiger charge is 2.32. The Balaban J connectivity index is 1.24. The number of imide groups is 1. The SMILES string of the molecule is CC(c1nc(C2CC2)no1)N1CCN(CCN2C(=O)CNC2=O)CC1. The third kappa shape index (κ3) is 3.52. The van der Waals surface area contributed by atoms with Crippen molar-refractivity contribution in [3.63, 3.8) is 0 Å². The van der Waals surface area contributed by atoms with Gasteiger partial charge in [-0.1, -0.05) is 5.16 Å². The van der Waals surface area contributed by atoms with Crippen LogP contribution in [0.1, 0.15) is 43.4 Å². The molecule has 4 rings (SSSR count). The second kappa shape index (κ2) is 6.72. The van der Waals surface area contributed by atoms with E-state index in [4.69, 9.17) is 4.52 Å². The Labute approximate surface area is 146 Å². The van der Waals surface area contributed by atoms with Crippen LogP contribution >= 0.6 is 0 Å². The van der Waals surface area contributed by atoms with Crippen molar-refractivity contribution >= 4 is 11.9 Å². The molecule has 3 heterocycles. The summed E-state index contributed by atoms with van der Waals surface area (Å²) in [7, 11) is 0. The van der Waals surface area contributed by atoms with Crippen LogP contribution in [-0.2, 0) is 4.79 Å². The first-order valence-corrected chi connectivity index (χ1v) is 9.00. The zero-order valence-corrected chi connectivity index (χ0v) is 14.5. The molecule has 136 valence electrons. The molecular formula is C16H24N6O3. The van der Waals surface area contributed by atoms with Gasteiger partial charge < -0.3 is 9.84 Å². The molecule has 1 saturated carbocycles. The van der Waals surface area contributed by atoms with Crippen LogP contribution in [-0.4, -0.2) is 82.6 Å². The van der Waals surface area contributed by atoms with Gasteiger partial charge >= 0.3 is 6.03 Å². The summed E-state index contributed by atoms with van der Waals surface area (Å²) in [6, 6.07) is -0.159. The highest BCUT2D eigenvalue weighted by molar-refractivity contribution is 6.01. The van der Waals surface area contributed by atoms with Gasteiger partial charge in [-0.05, 0) is 19.8 Å². The van der Waals surface area contributed by atoms with Crippen LogP contribution in [0.15, 0.2) is 4.52 Å². The third-order valence-corrected chi connectivity index (χ3v) is 5.29. The number of carbonyl (C=O) groups excluding carboxylic acids is 2. The van der Waals surface area contributed by atoms with Gasteiger partial charge in [-0.2, -0.15) is 4.98 Å². The minimum absolute atomic E-state index is 0.119. The number of urea groups is 1. The smallest absolute Gasteiger partial charge is 0.324 e. The first-order valence-electron chi connectivity index (χ1n) is 9.00. The van der Waals surface area contributed by atoms with E-state index in [1.807, 2.05) is 0 Å². The predicted molar refractivity (Wildman–Crippen MR) is 87.8 cm³/mol. The van der Waals surface area contributed by atoms with Gasteiger partial charge in [0, 0.05) is 45.2 Å². The Bertz CT molecular complexity index is 634. The van der Waals surface area contributed by atoms with Crippen molar-refractivity contribution in [1.82, 2.24) is 30.2 Å². The van der Waals surface area contributed by atoms with Crippen LogP contribution < -0.4 is 5.32 Å². The van der Waals surface area contributed by atoms with E-state index in [9.17, 15) is 9.59 Å². The molecule has 2 aliphatic heterocycles. The van der Waals surface area contributed by atoms with Crippen LogP contribution in [0, 0.1) is 0 Å². The number of hydrogen-bond acceptors (Lipinski definition) is 7. The third-order valence-electron chi connectivity index (χ3n) is 5.29. The molecule has 1 aromatic heterocycles. The summed E-state index contributed by atoms with van der Waals surface area (Å²) in [4.78, 5) is 33.6. The van der Waals surface area contributed by atoms with Crippen LogP contribution in [0.25, 0.3) is 0 Å². The molecule has 0 spiro atoms. The Hall–Kier alpha value is -2.00. The van der Waals surface area contributed by atoms with E-state index in [0.717, 1.165) is 32.0 Å². The van der Waals surface area contributed by atoms with Crippen molar-refractivity contribution in [2.75, 3.05) is 45.8 Å². The van der Waals surface area contributed by atoms with Gasteiger partial charge in [0.1, 0.15) is 0 Å².